The number of nitrogens with one attached hydrogen (secondary N) is 1. The fraction of sp³-hybridized carbons (Fsp3) is 0.429. The predicted octanol–water partition coefficient (Wildman–Crippen LogP) is 6.60. The number of anilines is 2. The summed E-state index contributed by atoms with van der Waals surface area (Å²) >= 11 is 0. The number of rotatable bonds is 10. The molecule has 34 heavy (non-hydrogen) atoms. The Balaban J connectivity index is 1.57. The lowest BCUT2D eigenvalue weighted by Gasteiger charge is -2.31. The summed E-state index contributed by atoms with van der Waals surface area (Å²) in [5, 5.41) is 4.04. The number of aromatic nitrogens is 1. The van der Waals surface area contributed by atoms with Crippen molar-refractivity contribution in [3.05, 3.63) is 60.0 Å². The third kappa shape index (κ3) is 5.73. The van der Waals surface area contributed by atoms with E-state index in [-0.39, 0.29) is 11.5 Å². The first-order chi connectivity index (χ1) is 16.6. The number of nitrogens with zero attached hydrogens (tertiary/aromatic N) is 2. The highest BCUT2D eigenvalue weighted by atomic mass is 19.1. The normalized spacial score (nSPS) is 14.9. The van der Waals surface area contributed by atoms with Gasteiger partial charge in [-0.3, -0.25) is 9.78 Å². The summed E-state index contributed by atoms with van der Waals surface area (Å²) in [6.07, 6.45) is 6.47. The SMILES string of the molecule is CCCCN1CCC(COc2cc3c(Nc4ccccc4)c(C(=O)CC)cnc3cc2F)CC1. The number of carbonyl (C=O) groups excluding carboxylic acids is 1. The van der Waals surface area contributed by atoms with E-state index in [1.807, 2.05) is 37.3 Å². The minimum absolute atomic E-state index is 0.0190. The first kappa shape index (κ1) is 24.1. The molecule has 2 aromatic carbocycles. The highest BCUT2D eigenvalue weighted by Crippen LogP contribution is 2.34. The van der Waals surface area contributed by atoms with E-state index in [2.05, 4.69) is 22.1 Å². The van der Waals surface area contributed by atoms with E-state index < -0.39 is 5.82 Å². The highest BCUT2D eigenvalue weighted by Gasteiger charge is 2.21. The molecule has 0 atom stereocenters. The summed E-state index contributed by atoms with van der Waals surface area (Å²) in [7, 11) is 0. The van der Waals surface area contributed by atoms with Crippen LogP contribution in [-0.2, 0) is 0 Å². The van der Waals surface area contributed by atoms with Crippen LogP contribution in [0.25, 0.3) is 10.9 Å². The van der Waals surface area contributed by atoms with Gasteiger partial charge in [-0.2, -0.15) is 0 Å². The van der Waals surface area contributed by atoms with Gasteiger partial charge in [0.25, 0.3) is 0 Å². The largest absolute Gasteiger partial charge is 0.490 e. The smallest absolute Gasteiger partial charge is 0.167 e. The number of likely N-dealkylation sites (tertiary alicyclic amines) is 1. The maximum absolute atomic E-state index is 14.9. The number of piperidine rings is 1. The Morgan fingerprint density at radius 1 is 1.18 bits per heavy atom. The summed E-state index contributed by atoms with van der Waals surface area (Å²) in [6, 6.07) is 12.7. The van der Waals surface area contributed by atoms with Crippen molar-refractivity contribution in [2.24, 2.45) is 5.92 Å². The Kier molecular flexibility index (Phi) is 8.12. The van der Waals surface area contributed by atoms with E-state index >= 15 is 0 Å². The third-order valence-corrected chi connectivity index (χ3v) is 6.60. The molecular formula is C28H34FN3O2. The lowest BCUT2D eigenvalue weighted by Crippen LogP contribution is -2.36. The van der Waals surface area contributed by atoms with E-state index in [9.17, 15) is 9.18 Å². The zero-order valence-electron chi connectivity index (χ0n) is 20.1. The van der Waals surface area contributed by atoms with Gasteiger partial charge in [-0.1, -0.05) is 38.5 Å². The van der Waals surface area contributed by atoms with Crippen LogP contribution in [0.3, 0.4) is 0 Å². The second-order valence-corrected chi connectivity index (χ2v) is 9.06. The number of Topliss-reactive ketones (excluding diaryl/α,β-unsaturated/α-hetero) is 1. The predicted molar refractivity (Wildman–Crippen MR) is 136 cm³/mol. The molecule has 4 rings (SSSR count). The molecule has 3 aromatic rings. The fourth-order valence-electron chi connectivity index (χ4n) is 4.47. The molecule has 1 N–H and O–H groups in total. The minimum Gasteiger partial charge on any atom is -0.490 e. The van der Waals surface area contributed by atoms with Crippen molar-refractivity contribution in [2.45, 2.75) is 46.0 Å². The van der Waals surface area contributed by atoms with Crippen molar-refractivity contribution in [3.8, 4) is 5.75 Å². The van der Waals surface area contributed by atoms with Crippen molar-refractivity contribution in [1.82, 2.24) is 9.88 Å². The molecule has 180 valence electrons. The number of pyridine rings is 1. The van der Waals surface area contributed by atoms with Crippen molar-refractivity contribution >= 4 is 28.1 Å². The summed E-state index contributed by atoms with van der Waals surface area (Å²) < 4.78 is 20.9. The Hall–Kier alpha value is -2.99. The van der Waals surface area contributed by atoms with Gasteiger partial charge in [0.05, 0.1) is 23.4 Å². The van der Waals surface area contributed by atoms with E-state index in [0.717, 1.165) is 38.2 Å². The van der Waals surface area contributed by atoms with Crippen LogP contribution in [0.2, 0.25) is 0 Å². The molecule has 0 spiro atoms. The Morgan fingerprint density at radius 2 is 1.94 bits per heavy atom. The molecule has 1 saturated heterocycles. The van der Waals surface area contributed by atoms with E-state index in [4.69, 9.17) is 4.74 Å². The molecule has 1 aliphatic rings. The van der Waals surface area contributed by atoms with E-state index in [1.54, 1.807) is 6.07 Å². The summed E-state index contributed by atoms with van der Waals surface area (Å²) in [5.41, 5.74) is 2.47. The van der Waals surface area contributed by atoms with Crippen molar-refractivity contribution in [1.29, 1.82) is 0 Å². The van der Waals surface area contributed by atoms with Gasteiger partial charge < -0.3 is 15.0 Å². The van der Waals surface area contributed by atoms with Crippen LogP contribution in [0.15, 0.2) is 48.7 Å². The maximum Gasteiger partial charge on any atom is 0.167 e. The number of unbranched alkanes of at least 4 members (excludes halogenated alkanes) is 1. The molecule has 1 aliphatic heterocycles. The van der Waals surface area contributed by atoms with Crippen molar-refractivity contribution in [2.75, 3.05) is 31.6 Å². The monoisotopic (exact) mass is 463 g/mol. The molecule has 0 unspecified atom stereocenters. The second kappa shape index (κ2) is 11.4. The summed E-state index contributed by atoms with van der Waals surface area (Å²) in [4.78, 5) is 19.5. The van der Waals surface area contributed by atoms with Gasteiger partial charge in [0.15, 0.2) is 17.3 Å². The van der Waals surface area contributed by atoms with Gasteiger partial charge in [-0.15, -0.1) is 0 Å². The quantitative estimate of drug-likeness (QED) is 0.343. The third-order valence-electron chi connectivity index (χ3n) is 6.60. The molecule has 0 radical (unpaired) electrons. The van der Waals surface area contributed by atoms with Crippen LogP contribution in [0.4, 0.5) is 15.8 Å². The maximum atomic E-state index is 14.9. The van der Waals surface area contributed by atoms with Gasteiger partial charge >= 0.3 is 0 Å². The zero-order chi connectivity index (χ0) is 23.9. The number of hydrogen-bond donors (Lipinski definition) is 1. The lowest BCUT2D eigenvalue weighted by atomic mass is 9.97. The number of ketones is 1. The number of fused-ring (bicyclic) bond motifs is 1. The number of para-hydroxylation sites is 1. The average molecular weight is 464 g/mol. The van der Waals surface area contributed by atoms with Gasteiger partial charge in [0.2, 0.25) is 0 Å². The van der Waals surface area contributed by atoms with Crippen LogP contribution in [0.5, 0.6) is 5.75 Å². The molecule has 0 aliphatic carbocycles. The molecular weight excluding hydrogens is 429 g/mol. The number of carbonyl (C=O) groups is 1. The number of ether oxygens (including phenoxy) is 1. The Bertz CT molecular complexity index is 1110. The zero-order valence-corrected chi connectivity index (χ0v) is 20.1. The molecule has 2 heterocycles. The van der Waals surface area contributed by atoms with Gasteiger partial charge in [0, 0.05) is 29.8 Å². The highest BCUT2D eigenvalue weighted by molar-refractivity contribution is 6.09. The van der Waals surface area contributed by atoms with Gasteiger partial charge in [-0.25, -0.2) is 4.39 Å². The number of hydrogen-bond acceptors (Lipinski definition) is 5. The lowest BCUT2D eigenvalue weighted by molar-refractivity contribution is 0.0988. The van der Waals surface area contributed by atoms with Crippen molar-refractivity contribution in [3.63, 3.8) is 0 Å². The molecule has 1 aromatic heterocycles. The summed E-state index contributed by atoms with van der Waals surface area (Å²) in [6.45, 7) is 7.85. The van der Waals surface area contributed by atoms with Crippen LogP contribution >= 0.6 is 0 Å². The van der Waals surface area contributed by atoms with Crippen LogP contribution in [0.1, 0.15) is 56.3 Å². The molecule has 6 heteroatoms. The van der Waals surface area contributed by atoms with Gasteiger partial charge in [0.1, 0.15) is 0 Å². The topological polar surface area (TPSA) is 54.5 Å². The van der Waals surface area contributed by atoms with Crippen LogP contribution < -0.4 is 10.1 Å². The van der Waals surface area contributed by atoms with E-state index in [1.165, 1.54) is 25.1 Å². The average Bonchev–Trinajstić information content (AvgIpc) is 2.87. The van der Waals surface area contributed by atoms with Crippen LogP contribution in [-0.4, -0.2) is 41.9 Å². The minimum atomic E-state index is -0.430. The summed E-state index contributed by atoms with van der Waals surface area (Å²) in [5.74, 6) is 0.177. The van der Waals surface area contributed by atoms with E-state index in [0.29, 0.717) is 41.1 Å². The first-order valence-corrected chi connectivity index (χ1v) is 12.4. The number of halogens is 1. The Labute approximate surface area is 201 Å². The molecule has 1 fully saturated rings. The second-order valence-electron chi connectivity index (χ2n) is 9.06. The standard InChI is InChI=1S/C28H34FN3O2/c1-3-5-13-32-14-11-20(12-15-32)19-34-27-16-22-25(17-24(27)29)30-18-23(26(33)4-2)28(22)31-21-9-7-6-8-10-21/h6-10,16-18,20H,3-5,11-15,19H2,1-2H3,(H,30,31). The molecule has 5 nitrogen and oxygen atoms in total. The van der Waals surface area contributed by atoms with Crippen LogP contribution in [0, 0.1) is 11.7 Å². The molecule has 0 amide bonds. The van der Waals surface area contributed by atoms with Crippen molar-refractivity contribution < 1.29 is 13.9 Å². The van der Waals surface area contributed by atoms with Gasteiger partial charge in [-0.05, 0) is 63.0 Å². The fourth-order valence-corrected chi connectivity index (χ4v) is 4.47. The first-order valence-electron chi connectivity index (χ1n) is 12.4. The molecule has 0 bridgehead atoms. The Morgan fingerprint density at radius 3 is 2.65 bits per heavy atom. The molecule has 0 saturated carbocycles. The number of benzene rings is 2.